The molecule has 2 saturated carbocycles. The fourth-order valence-corrected chi connectivity index (χ4v) is 3.96. The molecule has 2 rings (SSSR count). The van der Waals surface area contributed by atoms with Crippen molar-refractivity contribution in [2.24, 2.45) is 35.5 Å². The zero-order valence-electron chi connectivity index (χ0n) is 11.6. The van der Waals surface area contributed by atoms with Gasteiger partial charge in [-0.1, -0.05) is 27.7 Å². The van der Waals surface area contributed by atoms with Gasteiger partial charge in [0.2, 0.25) is 0 Å². The summed E-state index contributed by atoms with van der Waals surface area (Å²) in [6.45, 7) is 7.60. The van der Waals surface area contributed by atoms with E-state index in [1.165, 1.54) is 0 Å². The summed E-state index contributed by atoms with van der Waals surface area (Å²) in [5.41, 5.74) is 0. The molecule has 0 aromatic heterocycles. The Kier molecular flexibility index (Phi) is 3.76. The summed E-state index contributed by atoms with van der Waals surface area (Å²) in [6, 6.07) is 0. The maximum Gasteiger partial charge on any atom is 0.0626 e. The third-order valence-corrected chi connectivity index (χ3v) is 5.84. The fraction of sp³-hybridized carbons (Fsp3) is 1.00. The van der Waals surface area contributed by atoms with Crippen molar-refractivity contribution in [1.82, 2.24) is 0 Å². The lowest BCUT2D eigenvalue weighted by Crippen LogP contribution is -2.63. The van der Waals surface area contributed by atoms with Crippen LogP contribution in [0.3, 0.4) is 0 Å². The molecule has 0 spiro atoms. The summed E-state index contributed by atoms with van der Waals surface area (Å²) in [4.78, 5) is 0. The standard InChI is InChI=1S/C14H26O4/c1-5-6(2)12(16)10-9(11(5)15)13(17)7(3)8(4)14(10)18/h5-18H,1-4H3. The minimum atomic E-state index is -0.659. The Balaban J connectivity index is 2.36. The molecule has 2 aliphatic rings. The average Bonchev–Trinajstić information content (AvgIpc) is 2.35. The highest BCUT2D eigenvalue weighted by atomic mass is 16.3. The molecule has 0 radical (unpaired) electrons. The highest BCUT2D eigenvalue weighted by Gasteiger charge is 2.56. The molecule has 0 bridgehead atoms. The zero-order chi connectivity index (χ0) is 13.8. The lowest BCUT2D eigenvalue weighted by atomic mass is 9.55. The maximum absolute atomic E-state index is 10.4. The summed E-state index contributed by atoms with van der Waals surface area (Å²) < 4.78 is 0. The van der Waals surface area contributed by atoms with Crippen molar-refractivity contribution in [3.05, 3.63) is 0 Å². The molecule has 4 heteroatoms. The van der Waals surface area contributed by atoms with E-state index in [0.717, 1.165) is 0 Å². The van der Waals surface area contributed by atoms with Crippen LogP contribution >= 0.6 is 0 Å². The number of aliphatic hydroxyl groups is 4. The van der Waals surface area contributed by atoms with Gasteiger partial charge in [-0.2, -0.15) is 0 Å². The topological polar surface area (TPSA) is 80.9 Å². The van der Waals surface area contributed by atoms with Crippen molar-refractivity contribution < 1.29 is 20.4 Å². The van der Waals surface area contributed by atoms with Gasteiger partial charge in [-0.3, -0.25) is 0 Å². The second kappa shape index (κ2) is 4.75. The average molecular weight is 258 g/mol. The maximum atomic E-state index is 10.4. The van der Waals surface area contributed by atoms with Crippen LogP contribution in [0.15, 0.2) is 0 Å². The molecular formula is C14H26O4. The normalized spacial score (nSPS) is 61.3. The first kappa shape index (κ1) is 14.3. The van der Waals surface area contributed by atoms with Gasteiger partial charge in [-0.15, -0.1) is 0 Å². The summed E-state index contributed by atoms with van der Waals surface area (Å²) in [5.74, 6) is -1.11. The second-order valence-electron chi connectivity index (χ2n) is 6.55. The fourth-order valence-electron chi connectivity index (χ4n) is 3.96. The van der Waals surface area contributed by atoms with Crippen LogP contribution in [0.5, 0.6) is 0 Å². The molecule has 2 fully saturated rings. The van der Waals surface area contributed by atoms with E-state index >= 15 is 0 Å². The highest BCUT2D eigenvalue weighted by Crippen LogP contribution is 2.48. The quantitative estimate of drug-likeness (QED) is 0.501. The molecule has 0 saturated heterocycles. The van der Waals surface area contributed by atoms with E-state index in [0.29, 0.717) is 0 Å². The van der Waals surface area contributed by atoms with E-state index in [4.69, 9.17) is 0 Å². The van der Waals surface area contributed by atoms with Gasteiger partial charge < -0.3 is 20.4 Å². The number of aliphatic hydroxyl groups excluding tert-OH is 4. The van der Waals surface area contributed by atoms with Gasteiger partial charge in [0.1, 0.15) is 0 Å². The van der Waals surface area contributed by atoms with E-state index in [1.54, 1.807) is 0 Å². The Bertz CT molecular complexity index is 250. The molecule has 0 aromatic rings. The molecule has 106 valence electrons. The van der Waals surface area contributed by atoms with Crippen molar-refractivity contribution in [3.63, 3.8) is 0 Å². The summed E-state index contributed by atoms with van der Waals surface area (Å²) in [6.07, 6.45) is -2.64. The third kappa shape index (κ3) is 1.82. The van der Waals surface area contributed by atoms with Crippen LogP contribution in [-0.2, 0) is 0 Å². The minimum absolute atomic E-state index is 0.0660. The largest absolute Gasteiger partial charge is 0.392 e. The molecular weight excluding hydrogens is 232 g/mol. The van der Waals surface area contributed by atoms with E-state index in [-0.39, 0.29) is 23.7 Å². The Morgan fingerprint density at radius 1 is 0.444 bits per heavy atom. The van der Waals surface area contributed by atoms with Gasteiger partial charge in [-0.05, 0) is 23.7 Å². The van der Waals surface area contributed by atoms with Gasteiger partial charge in [0.05, 0.1) is 24.4 Å². The molecule has 4 N–H and O–H groups in total. The van der Waals surface area contributed by atoms with E-state index in [9.17, 15) is 20.4 Å². The van der Waals surface area contributed by atoms with Gasteiger partial charge in [-0.25, -0.2) is 0 Å². The van der Waals surface area contributed by atoms with Crippen molar-refractivity contribution in [3.8, 4) is 0 Å². The predicted molar refractivity (Wildman–Crippen MR) is 67.7 cm³/mol. The lowest BCUT2D eigenvalue weighted by molar-refractivity contribution is -0.217. The molecule has 0 aliphatic heterocycles. The van der Waals surface area contributed by atoms with E-state index in [1.807, 2.05) is 27.7 Å². The molecule has 0 amide bonds. The molecule has 18 heavy (non-hydrogen) atoms. The van der Waals surface area contributed by atoms with Crippen LogP contribution in [0.1, 0.15) is 27.7 Å². The van der Waals surface area contributed by atoms with Gasteiger partial charge in [0.15, 0.2) is 0 Å². The monoisotopic (exact) mass is 258 g/mol. The van der Waals surface area contributed by atoms with Crippen LogP contribution in [0.4, 0.5) is 0 Å². The number of hydrogen-bond donors (Lipinski definition) is 4. The number of rotatable bonds is 0. The summed E-state index contributed by atoms with van der Waals surface area (Å²) in [7, 11) is 0. The molecule has 8 unspecified atom stereocenters. The SMILES string of the molecule is CC1C(C)C(O)C2C(O)C(C)C(C)C(O)C2C1O. The number of fused-ring (bicyclic) bond motifs is 1. The first-order valence-electron chi connectivity index (χ1n) is 7.01. The van der Waals surface area contributed by atoms with E-state index < -0.39 is 36.3 Å². The molecule has 2 aliphatic carbocycles. The van der Waals surface area contributed by atoms with Crippen molar-refractivity contribution in [1.29, 1.82) is 0 Å². The zero-order valence-corrected chi connectivity index (χ0v) is 11.6. The molecule has 4 nitrogen and oxygen atoms in total. The number of hydrogen-bond acceptors (Lipinski definition) is 4. The Hall–Kier alpha value is -0.160. The molecule has 0 heterocycles. The summed E-state index contributed by atoms with van der Waals surface area (Å²) in [5, 5.41) is 41.5. The van der Waals surface area contributed by atoms with Crippen molar-refractivity contribution in [2.45, 2.75) is 52.1 Å². The second-order valence-corrected chi connectivity index (χ2v) is 6.55. The van der Waals surface area contributed by atoms with Crippen LogP contribution in [0.2, 0.25) is 0 Å². The Labute approximate surface area is 109 Å². The lowest BCUT2D eigenvalue weighted by Gasteiger charge is -2.55. The van der Waals surface area contributed by atoms with Crippen molar-refractivity contribution in [2.75, 3.05) is 0 Å². The highest BCUT2D eigenvalue weighted by molar-refractivity contribution is 5.05. The first-order chi connectivity index (χ1) is 8.29. The molecule has 0 aromatic carbocycles. The first-order valence-corrected chi connectivity index (χ1v) is 7.01. The van der Waals surface area contributed by atoms with Crippen LogP contribution < -0.4 is 0 Å². The Morgan fingerprint density at radius 2 is 0.611 bits per heavy atom. The van der Waals surface area contributed by atoms with E-state index in [2.05, 4.69) is 0 Å². The van der Waals surface area contributed by atoms with Crippen LogP contribution in [0.25, 0.3) is 0 Å². The Morgan fingerprint density at radius 3 is 0.778 bits per heavy atom. The predicted octanol–water partition coefficient (Wildman–Crippen LogP) is 0.234. The smallest absolute Gasteiger partial charge is 0.0626 e. The van der Waals surface area contributed by atoms with Gasteiger partial charge >= 0.3 is 0 Å². The minimum Gasteiger partial charge on any atom is -0.392 e. The summed E-state index contributed by atoms with van der Waals surface area (Å²) >= 11 is 0. The van der Waals surface area contributed by atoms with Gasteiger partial charge in [0, 0.05) is 11.8 Å². The third-order valence-electron chi connectivity index (χ3n) is 5.84. The van der Waals surface area contributed by atoms with Gasteiger partial charge in [0.25, 0.3) is 0 Å². The molecule has 8 atom stereocenters. The van der Waals surface area contributed by atoms with Crippen LogP contribution in [-0.4, -0.2) is 44.8 Å². The van der Waals surface area contributed by atoms with Crippen LogP contribution in [0, 0.1) is 35.5 Å². The van der Waals surface area contributed by atoms with Crippen molar-refractivity contribution >= 4 is 0 Å².